The van der Waals surface area contributed by atoms with E-state index in [9.17, 15) is 14.4 Å². The van der Waals surface area contributed by atoms with Crippen molar-refractivity contribution >= 4 is 39.2 Å². The number of nitrogens with one attached hydrogen (secondary N) is 2. The van der Waals surface area contributed by atoms with Crippen LogP contribution in [-0.4, -0.2) is 36.0 Å². The molecule has 2 N–H and O–H groups in total. The molecule has 0 radical (unpaired) electrons. The summed E-state index contributed by atoms with van der Waals surface area (Å²) in [7, 11) is 0. The molecule has 4 rings (SSSR count). The Morgan fingerprint density at radius 2 is 1.81 bits per heavy atom. The molecule has 0 unspecified atom stereocenters. The van der Waals surface area contributed by atoms with Gasteiger partial charge in [-0.05, 0) is 68.2 Å². The second-order valence-electron chi connectivity index (χ2n) is 9.60. The molecule has 190 valence electrons. The zero-order valence-electron chi connectivity index (χ0n) is 21.0. The van der Waals surface area contributed by atoms with Crippen molar-refractivity contribution in [2.75, 3.05) is 6.61 Å². The Morgan fingerprint density at radius 1 is 1.06 bits per heavy atom. The van der Waals surface area contributed by atoms with Gasteiger partial charge in [0.2, 0.25) is 5.91 Å². The average molecular weight is 507 g/mol. The summed E-state index contributed by atoms with van der Waals surface area (Å²) in [6, 6.07) is 17.7. The first-order chi connectivity index (χ1) is 17.4. The van der Waals surface area contributed by atoms with Crippen molar-refractivity contribution in [3.05, 3.63) is 70.6 Å². The third-order valence-corrected chi connectivity index (χ3v) is 7.90. The quantitative estimate of drug-likeness (QED) is 0.364. The molecule has 2 amide bonds. The number of hydrogen-bond acceptors (Lipinski definition) is 5. The summed E-state index contributed by atoms with van der Waals surface area (Å²) >= 11 is 1.45. The number of carbonyl (C=O) groups is 3. The smallest absolute Gasteiger partial charge is 0.305 e. The first-order valence-corrected chi connectivity index (χ1v) is 13.5. The standard InChI is InChI=1S/C29H34N2O4S/c1-3-35-26(32)14-13-23(18-21-9-5-4-6-10-21)30-28(34)29(15-7-8-16-29)31-27(33)25-19-22-12-11-20(2)17-24(22)36-25/h4-6,9-12,17,19,23H,3,7-8,13-16,18H2,1-2H3,(H,30,34)(H,31,33)/t23-/m0/s1. The second kappa shape index (κ2) is 11.7. The number of aryl methyl sites for hydroxylation is 1. The van der Waals surface area contributed by atoms with E-state index in [1.807, 2.05) is 55.5 Å². The highest BCUT2D eigenvalue weighted by Gasteiger charge is 2.43. The van der Waals surface area contributed by atoms with E-state index in [1.54, 1.807) is 6.92 Å². The van der Waals surface area contributed by atoms with Gasteiger partial charge in [0.25, 0.3) is 5.91 Å². The third-order valence-electron chi connectivity index (χ3n) is 6.81. The number of rotatable bonds is 10. The first kappa shape index (κ1) is 25.9. The Labute approximate surface area is 216 Å². The molecule has 1 aliphatic rings. The van der Waals surface area contributed by atoms with Crippen molar-refractivity contribution in [3.8, 4) is 0 Å². The molecule has 0 aliphatic heterocycles. The summed E-state index contributed by atoms with van der Waals surface area (Å²) in [5.74, 6) is -0.652. The molecule has 1 fully saturated rings. The molecule has 6 nitrogen and oxygen atoms in total. The van der Waals surface area contributed by atoms with Gasteiger partial charge >= 0.3 is 5.97 Å². The van der Waals surface area contributed by atoms with E-state index in [0.717, 1.165) is 34.1 Å². The van der Waals surface area contributed by atoms with Crippen molar-refractivity contribution in [2.45, 2.75) is 70.4 Å². The lowest BCUT2D eigenvalue weighted by molar-refractivity contribution is -0.143. The molecule has 0 saturated heterocycles. The van der Waals surface area contributed by atoms with Gasteiger partial charge in [0.05, 0.1) is 11.5 Å². The zero-order chi connectivity index (χ0) is 25.5. The topological polar surface area (TPSA) is 84.5 Å². The van der Waals surface area contributed by atoms with Gasteiger partial charge in [0, 0.05) is 17.2 Å². The molecule has 1 atom stereocenters. The predicted molar refractivity (Wildman–Crippen MR) is 143 cm³/mol. The molecular formula is C29H34N2O4S. The molecule has 1 aromatic heterocycles. The fraction of sp³-hybridized carbons (Fsp3) is 0.414. The number of fused-ring (bicyclic) bond motifs is 1. The van der Waals surface area contributed by atoms with Crippen LogP contribution < -0.4 is 10.6 Å². The lowest BCUT2D eigenvalue weighted by atomic mass is 9.94. The maximum Gasteiger partial charge on any atom is 0.305 e. The van der Waals surface area contributed by atoms with Crippen LogP contribution >= 0.6 is 11.3 Å². The van der Waals surface area contributed by atoms with Crippen LogP contribution in [0.15, 0.2) is 54.6 Å². The van der Waals surface area contributed by atoms with Gasteiger partial charge in [-0.25, -0.2) is 0 Å². The van der Waals surface area contributed by atoms with Crippen molar-refractivity contribution in [1.82, 2.24) is 10.6 Å². The lowest BCUT2D eigenvalue weighted by Gasteiger charge is -2.31. The lowest BCUT2D eigenvalue weighted by Crippen LogP contribution is -2.59. The normalized spacial score (nSPS) is 15.4. The van der Waals surface area contributed by atoms with E-state index < -0.39 is 5.54 Å². The van der Waals surface area contributed by atoms with Crippen molar-refractivity contribution in [2.24, 2.45) is 0 Å². The minimum Gasteiger partial charge on any atom is -0.466 e. The first-order valence-electron chi connectivity index (χ1n) is 12.7. The fourth-order valence-electron chi connectivity index (χ4n) is 4.89. The van der Waals surface area contributed by atoms with E-state index in [4.69, 9.17) is 4.74 Å². The molecule has 2 aromatic carbocycles. The van der Waals surface area contributed by atoms with E-state index in [-0.39, 0.29) is 30.2 Å². The van der Waals surface area contributed by atoms with Gasteiger partial charge in [-0.15, -0.1) is 11.3 Å². The minimum absolute atomic E-state index is 0.171. The highest BCUT2D eigenvalue weighted by atomic mass is 32.1. The highest BCUT2D eigenvalue weighted by Crippen LogP contribution is 2.32. The van der Waals surface area contributed by atoms with Crippen LogP contribution in [0.2, 0.25) is 0 Å². The van der Waals surface area contributed by atoms with E-state index >= 15 is 0 Å². The Balaban J connectivity index is 1.49. The molecule has 7 heteroatoms. The predicted octanol–water partition coefficient (Wildman–Crippen LogP) is 5.32. The molecule has 1 heterocycles. The number of ether oxygens (including phenoxy) is 1. The van der Waals surface area contributed by atoms with Gasteiger partial charge < -0.3 is 15.4 Å². The monoisotopic (exact) mass is 506 g/mol. The van der Waals surface area contributed by atoms with Crippen LogP contribution in [-0.2, 0) is 20.7 Å². The van der Waals surface area contributed by atoms with E-state index in [2.05, 4.69) is 16.7 Å². The molecule has 36 heavy (non-hydrogen) atoms. The Bertz CT molecular complexity index is 1210. The zero-order valence-corrected chi connectivity index (χ0v) is 21.8. The van der Waals surface area contributed by atoms with Gasteiger partial charge in [-0.1, -0.05) is 55.3 Å². The molecule has 0 spiro atoms. The number of benzene rings is 2. The minimum atomic E-state index is -0.942. The summed E-state index contributed by atoms with van der Waals surface area (Å²) in [4.78, 5) is 39.6. The number of carbonyl (C=O) groups excluding carboxylic acids is 3. The second-order valence-corrected chi connectivity index (χ2v) is 10.7. The summed E-state index contributed by atoms with van der Waals surface area (Å²) in [6.45, 7) is 4.15. The van der Waals surface area contributed by atoms with Crippen molar-refractivity contribution in [3.63, 3.8) is 0 Å². The van der Waals surface area contributed by atoms with Gasteiger partial charge in [-0.2, -0.15) is 0 Å². The summed E-state index contributed by atoms with van der Waals surface area (Å²) in [6.07, 6.45) is 4.27. The van der Waals surface area contributed by atoms with E-state index in [0.29, 0.717) is 37.2 Å². The Kier molecular flexibility index (Phi) is 8.41. The number of thiophene rings is 1. The fourth-order valence-corrected chi connectivity index (χ4v) is 5.95. The van der Waals surface area contributed by atoms with Gasteiger partial charge in [0.15, 0.2) is 0 Å². The van der Waals surface area contributed by atoms with Crippen LogP contribution in [0.5, 0.6) is 0 Å². The van der Waals surface area contributed by atoms with Crippen LogP contribution in [0, 0.1) is 6.92 Å². The Hall–Kier alpha value is -3.19. The maximum absolute atomic E-state index is 13.7. The number of esters is 1. The van der Waals surface area contributed by atoms with Crippen LogP contribution in [0.25, 0.3) is 10.1 Å². The van der Waals surface area contributed by atoms with E-state index in [1.165, 1.54) is 11.3 Å². The van der Waals surface area contributed by atoms with Crippen LogP contribution in [0.4, 0.5) is 0 Å². The summed E-state index contributed by atoms with van der Waals surface area (Å²) < 4.78 is 6.16. The third kappa shape index (κ3) is 6.32. The molecule has 1 saturated carbocycles. The van der Waals surface area contributed by atoms with Crippen LogP contribution in [0.1, 0.15) is 66.2 Å². The average Bonchev–Trinajstić information content (AvgIpc) is 3.51. The van der Waals surface area contributed by atoms with Crippen LogP contribution in [0.3, 0.4) is 0 Å². The number of amides is 2. The largest absolute Gasteiger partial charge is 0.466 e. The van der Waals surface area contributed by atoms with Crippen molar-refractivity contribution < 1.29 is 19.1 Å². The number of hydrogen-bond donors (Lipinski definition) is 2. The summed E-state index contributed by atoms with van der Waals surface area (Å²) in [5, 5.41) is 7.31. The van der Waals surface area contributed by atoms with Gasteiger partial charge in [0.1, 0.15) is 5.54 Å². The Morgan fingerprint density at radius 3 is 2.53 bits per heavy atom. The highest BCUT2D eigenvalue weighted by molar-refractivity contribution is 7.20. The molecule has 3 aromatic rings. The maximum atomic E-state index is 13.7. The SMILES string of the molecule is CCOC(=O)CC[C@@H](Cc1ccccc1)NC(=O)C1(NC(=O)c2cc3ccc(C)cc3s2)CCCC1. The summed E-state index contributed by atoms with van der Waals surface area (Å²) in [5.41, 5.74) is 1.29. The molecular weight excluding hydrogens is 472 g/mol. The molecule has 0 bridgehead atoms. The molecule has 1 aliphatic carbocycles. The van der Waals surface area contributed by atoms with Crippen molar-refractivity contribution in [1.29, 1.82) is 0 Å². The van der Waals surface area contributed by atoms with Gasteiger partial charge in [-0.3, -0.25) is 14.4 Å².